The molecule has 0 aromatic heterocycles. The molecule has 0 aliphatic carbocycles. The SMILES string of the molecule is C=CC(O)COc1ccccc1. The number of aliphatic hydroxyl groups excluding tert-OH is 1. The average molecular weight is 164 g/mol. The Hall–Kier alpha value is -1.28. The summed E-state index contributed by atoms with van der Waals surface area (Å²) in [6, 6.07) is 9.37. The molecule has 0 spiro atoms. The Morgan fingerprint density at radius 1 is 1.42 bits per heavy atom. The monoisotopic (exact) mass is 164 g/mol. The molecule has 1 atom stereocenters. The number of ether oxygens (including phenoxy) is 1. The van der Waals surface area contributed by atoms with Crippen molar-refractivity contribution in [3.63, 3.8) is 0 Å². The van der Waals surface area contributed by atoms with Crippen LogP contribution in [0.5, 0.6) is 5.75 Å². The Bertz CT molecular complexity index is 231. The highest BCUT2D eigenvalue weighted by atomic mass is 16.5. The van der Waals surface area contributed by atoms with Gasteiger partial charge in [0.05, 0.1) is 0 Å². The van der Waals surface area contributed by atoms with Gasteiger partial charge in [-0.2, -0.15) is 0 Å². The van der Waals surface area contributed by atoms with Crippen LogP contribution in [-0.2, 0) is 0 Å². The van der Waals surface area contributed by atoms with Crippen LogP contribution in [0.1, 0.15) is 0 Å². The van der Waals surface area contributed by atoms with Crippen LogP contribution in [0.2, 0.25) is 0 Å². The lowest BCUT2D eigenvalue weighted by Gasteiger charge is -2.07. The third-order valence-corrected chi connectivity index (χ3v) is 1.44. The van der Waals surface area contributed by atoms with Crippen molar-refractivity contribution in [1.29, 1.82) is 0 Å². The molecule has 2 nitrogen and oxygen atoms in total. The van der Waals surface area contributed by atoms with Crippen molar-refractivity contribution in [1.82, 2.24) is 0 Å². The molecular weight excluding hydrogens is 152 g/mol. The maximum absolute atomic E-state index is 9.08. The van der Waals surface area contributed by atoms with Crippen molar-refractivity contribution in [2.75, 3.05) is 6.61 Å². The third kappa shape index (κ3) is 2.76. The van der Waals surface area contributed by atoms with Crippen LogP contribution in [0.25, 0.3) is 0 Å². The van der Waals surface area contributed by atoms with Crippen LogP contribution in [0.4, 0.5) is 0 Å². The summed E-state index contributed by atoms with van der Waals surface area (Å²) in [5.74, 6) is 0.762. The molecule has 64 valence electrons. The van der Waals surface area contributed by atoms with E-state index in [1.54, 1.807) is 0 Å². The van der Waals surface area contributed by atoms with Crippen LogP contribution in [0, 0.1) is 0 Å². The van der Waals surface area contributed by atoms with Gasteiger partial charge in [0.25, 0.3) is 0 Å². The molecule has 1 aromatic rings. The molecule has 12 heavy (non-hydrogen) atoms. The van der Waals surface area contributed by atoms with E-state index < -0.39 is 6.10 Å². The summed E-state index contributed by atoms with van der Waals surface area (Å²) in [5, 5.41) is 9.08. The Morgan fingerprint density at radius 2 is 2.08 bits per heavy atom. The zero-order valence-corrected chi connectivity index (χ0v) is 6.81. The highest BCUT2D eigenvalue weighted by Crippen LogP contribution is 2.08. The van der Waals surface area contributed by atoms with E-state index >= 15 is 0 Å². The van der Waals surface area contributed by atoms with Gasteiger partial charge >= 0.3 is 0 Å². The molecule has 2 heteroatoms. The van der Waals surface area contributed by atoms with Gasteiger partial charge in [0.1, 0.15) is 18.5 Å². The Morgan fingerprint density at radius 3 is 2.67 bits per heavy atom. The van der Waals surface area contributed by atoms with Crippen LogP contribution in [-0.4, -0.2) is 17.8 Å². The zero-order valence-electron chi connectivity index (χ0n) is 6.81. The van der Waals surface area contributed by atoms with Gasteiger partial charge in [-0.3, -0.25) is 0 Å². The van der Waals surface area contributed by atoms with Crippen molar-refractivity contribution < 1.29 is 9.84 Å². The van der Waals surface area contributed by atoms with Gasteiger partial charge in [0, 0.05) is 0 Å². The molecule has 1 aromatic carbocycles. The van der Waals surface area contributed by atoms with E-state index in [9.17, 15) is 0 Å². The minimum Gasteiger partial charge on any atom is -0.491 e. The van der Waals surface area contributed by atoms with E-state index in [0.29, 0.717) is 0 Å². The van der Waals surface area contributed by atoms with E-state index in [0.717, 1.165) is 5.75 Å². The van der Waals surface area contributed by atoms with Gasteiger partial charge in [0.2, 0.25) is 0 Å². The molecule has 1 rings (SSSR count). The fourth-order valence-corrected chi connectivity index (χ4v) is 0.766. The van der Waals surface area contributed by atoms with Gasteiger partial charge in [-0.25, -0.2) is 0 Å². The number of para-hydroxylation sites is 1. The first kappa shape index (κ1) is 8.81. The molecule has 0 bridgehead atoms. The minimum atomic E-state index is -0.592. The quantitative estimate of drug-likeness (QED) is 0.685. The fourth-order valence-electron chi connectivity index (χ4n) is 0.766. The minimum absolute atomic E-state index is 0.257. The summed E-state index contributed by atoms with van der Waals surface area (Å²) in [5.41, 5.74) is 0. The highest BCUT2D eigenvalue weighted by molar-refractivity contribution is 5.20. The lowest BCUT2D eigenvalue weighted by molar-refractivity contribution is 0.145. The summed E-state index contributed by atoms with van der Waals surface area (Å²) >= 11 is 0. The van der Waals surface area contributed by atoms with Gasteiger partial charge in [-0.05, 0) is 12.1 Å². The maximum atomic E-state index is 9.08. The summed E-state index contributed by atoms with van der Waals surface area (Å²) in [6.07, 6.45) is 0.855. The second kappa shape index (κ2) is 4.57. The van der Waals surface area contributed by atoms with E-state index in [1.165, 1.54) is 6.08 Å². The van der Waals surface area contributed by atoms with Gasteiger partial charge in [-0.1, -0.05) is 24.3 Å². The average Bonchev–Trinajstić information content (AvgIpc) is 2.16. The van der Waals surface area contributed by atoms with Crippen LogP contribution in [0.15, 0.2) is 43.0 Å². The second-order valence-corrected chi connectivity index (χ2v) is 2.43. The lowest BCUT2D eigenvalue weighted by atomic mass is 10.3. The maximum Gasteiger partial charge on any atom is 0.119 e. The molecule has 0 amide bonds. The molecule has 0 radical (unpaired) electrons. The van der Waals surface area contributed by atoms with Crippen LogP contribution >= 0.6 is 0 Å². The highest BCUT2D eigenvalue weighted by Gasteiger charge is 1.97. The molecule has 0 saturated heterocycles. The zero-order chi connectivity index (χ0) is 8.81. The molecule has 1 N–H and O–H groups in total. The van der Waals surface area contributed by atoms with Gasteiger partial charge < -0.3 is 9.84 Å². The van der Waals surface area contributed by atoms with E-state index in [4.69, 9.17) is 9.84 Å². The fraction of sp³-hybridized carbons (Fsp3) is 0.200. The van der Waals surface area contributed by atoms with Crippen molar-refractivity contribution >= 4 is 0 Å². The summed E-state index contributed by atoms with van der Waals surface area (Å²) in [7, 11) is 0. The van der Waals surface area contributed by atoms with Crippen molar-refractivity contribution in [2.45, 2.75) is 6.10 Å². The largest absolute Gasteiger partial charge is 0.491 e. The number of aliphatic hydroxyl groups is 1. The van der Waals surface area contributed by atoms with E-state index in [2.05, 4.69) is 6.58 Å². The molecule has 0 fully saturated rings. The normalized spacial score (nSPS) is 12.1. The predicted octanol–water partition coefficient (Wildman–Crippen LogP) is 1.61. The molecule has 0 aliphatic heterocycles. The second-order valence-electron chi connectivity index (χ2n) is 2.43. The standard InChI is InChI=1S/C10H12O2/c1-2-9(11)8-12-10-6-4-3-5-7-10/h2-7,9,11H,1,8H2. The Kier molecular flexibility index (Phi) is 3.35. The first-order chi connectivity index (χ1) is 5.83. The Balaban J connectivity index is 2.38. The summed E-state index contributed by atoms with van der Waals surface area (Å²) in [4.78, 5) is 0. The molecule has 0 heterocycles. The number of hydrogen-bond donors (Lipinski definition) is 1. The van der Waals surface area contributed by atoms with Crippen molar-refractivity contribution in [2.24, 2.45) is 0 Å². The lowest BCUT2D eigenvalue weighted by Crippen LogP contribution is -2.13. The van der Waals surface area contributed by atoms with Gasteiger partial charge in [0.15, 0.2) is 0 Å². The molecule has 0 saturated carbocycles. The van der Waals surface area contributed by atoms with Crippen molar-refractivity contribution in [3.8, 4) is 5.75 Å². The third-order valence-electron chi connectivity index (χ3n) is 1.44. The Labute approximate surface area is 72.1 Å². The molecule has 0 aliphatic rings. The van der Waals surface area contributed by atoms with Gasteiger partial charge in [-0.15, -0.1) is 6.58 Å². The summed E-state index contributed by atoms with van der Waals surface area (Å²) < 4.78 is 5.24. The van der Waals surface area contributed by atoms with E-state index in [-0.39, 0.29) is 6.61 Å². The molecule has 1 unspecified atom stereocenters. The van der Waals surface area contributed by atoms with Crippen LogP contribution in [0.3, 0.4) is 0 Å². The first-order valence-electron chi connectivity index (χ1n) is 3.81. The molecular formula is C10H12O2. The predicted molar refractivity (Wildman–Crippen MR) is 48.1 cm³/mol. The summed E-state index contributed by atoms with van der Waals surface area (Å²) in [6.45, 7) is 3.70. The van der Waals surface area contributed by atoms with Crippen molar-refractivity contribution in [3.05, 3.63) is 43.0 Å². The smallest absolute Gasteiger partial charge is 0.119 e. The first-order valence-corrected chi connectivity index (χ1v) is 3.81. The number of benzene rings is 1. The topological polar surface area (TPSA) is 29.5 Å². The number of hydrogen-bond acceptors (Lipinski definition) is 2. The van der Waals surface area contributed by atoms with Crippen LogP contribution < -0.4 is 4.74 Å². The van der Waals surface area contributed by atoms with E-state index in [1.807, 2.05) is 30.3 Å². The number of rotatable bonds is 4.